The van der Waals surface area contributed by atoms with Crippen molar-refractivity contribution < 1.29 is 14.9 Å². The number of aryl methyl sites for hydroxylation is 1. The lowest BCUT2D eigenvalue weighted by molar-refractivity contribution is 0.421. The molecule has 31 heavy (non-hydrogen) atoms. The van der Waals surface area contributed by atoms with Crippen molar-refractivity contribution in [1.29, 1.82) is 0 Å². The number of ether oxygens (including phenoxy) is 1. The Bertz CT molecular complexity index is 1230. The van der Waals surface area contributed by atoms with E-state index < -0.39 is 0 Å². The fourth-order valence-electron chi connectivity index (χ4n) is 5.09. The molecule has 0 fully saturated rings. The number of hydrogen-bond donors (Lipinski definition) is 2. The van der Waals surface area contributed by atoms with E-state index in [1.54, 1.807) is 0 Å². The number of aromatic hydroxyl groups is 2. The van der Waals surface area contributed by atoms with Gasteiger partial charge in [0.1, 0.15) is 23.0 Å². The molecule has 1 atom stereocenters. The molecule has 1 aliphatic rings. The highest BCUT2D eigenvalue weighted by molar-refractivity contribution is 5.72. The van der Waals surface area contributed by atoms with Crippen LogP contribution in [0.4, 0.5) is 0 Å². The predicted octanol–water partition coefficient (Wildman–Crippen LogP) is 7.11. The zero-order valence-electron chi connectivity index (χ0n) is 19.8. The smallest absolute Gasteiger partial charge is 0.135 e. The van der Waals surface area contributed by atoms with Crippen LogP contribution in [0.3, 0.4) is 0 Å². The van der Waals surface area contributed by atoms with Crippen molar-refractivity contribution in [2.24, 2.45) is 0 Å². The van der Waals surface area contributed by atoms with Crippen LogP contribution in [-0.2, 0) is 6.42 Å². The van der Waals surface area contributed by atoms with Crippen LogP contribution in [0, 0.1) is 48.5 Å². The van der Waals surface area contributed by atoms with E-state index in [0.29, 0.717) is 17.9 Å². The summed E-state index contributed by atoms with van der Waals surface area (Å²) in [6.45, 7) is 16.3. The van der Waals surface area contributed by atoms with Gasteiger partial charge in [-0.1, -0.05) is 25.1 Å². The SMILES string of the molecule is CCc1c(O)c(C)c(C)c2c1C(c1cccc(C)c1C)c1c(C)c(O)c(C)c(C)c1O2. The predicted molar refractivity (Wildman–Crippen MR) is 126 cm³/mol. The molecule has 0 spiro atoms. The van der Waals surface area contributed by atoms with Crippen LogP contribution in [0.1, 0.15) is 74.0 Å². The molecule has 0 aliphatic carbocycles. The number of fused-ring (bicyclic) bond motifs is 2. The average molecular weight is 417 g/mol. The zero-order chi connectivity index (χ0) is 22.8. The normalized spacial score (nSPS) is 14.8. The molecular formula is C28H32O3. The lowest BCUT2D eigenvalue weighted by atomic mass is 9.74. The van der Waals surface area contributed by atoms with Crippen LogP contribution in [-0.4, -0.2) is 10.2 Å². The summed E-state index contributed by atoms with van der Waals surface area (Å²) in [5.41, 5.74) is 11.1. The summed E-state index contributed by atoms with van der Waals surface area (Å²) < 4.78 is 6.63. The Morgan fingerprint density at radius 3 is 1.90 bits per heavy atom. The van der Waals surface area contributed by atoms with Gasteiger partial charge in [0.15, 0.2) is 0 Å². The monoisotopic (exact) mass is 416 g/mol. The van der Waals surface area contributed by atoms with E-state index in [9.17, 15) is 10.2 Å². The molecule has 3 aromatic carbocycles. The molecule has 3 aromatic rings. The summed E-state index contributed by atoms with van der Waals surface area (Å²) >= 11 is 0. The second-order valence-electron chi connectivity index (χ2n) is 8.96. The minimum absolute atomic E-state index is 0.121. The molecule has 0 amide bonds. The molecule has 3 heteroatoms. The van der Waals surface area contributed by atoms with Crippen molar-refractivity contribution in [2.45, 2.75) is 67.7 Å². The first-order chi connectivity index (χ1) is 14.6. The molecule has 1 unspecified atom stereocenters. The van der Waals surface area contributed by atoms with Gasteiger partial charge in [0.05, 0.1) is 0 Å². The van der Waals surface area contributed by atoms with Crippen LogP contribution >= 0.6 is 0 Å². The maximum Gasteiger partial charge on any atom is 0.135 e. The number of phenols is 2. The van der Waals surface area contributed by atoms with Gasteiger partial charge in [-0.2, -0.15) is 0 Å². The van der Waals surface area contributed by atoms with Crippen LogP contribution in [0.25, 0.3) is 0 Å². The molecule has 4 rings (SSSR count). The van der Waals surface area contributed by atoms with Crippen LogP contribution in [0.5, 0.6) is 23.0 Å². The molecule has 0 aromatic heterocycles. The fourth-order valence-corrected chi connectivity index (χ4v) is 5.09. The maximum absolute atomic E-state index is 11.1. The number of rotatable bonds is 2. The summed E-state index contributed by atoms with van der Waals surface area (Å²) in [6.07, 6.45) is 0.700. The molecule has 0 bridgehead atoms. The Morgan fingerprint density at radius 2 is 1.29 bits per heavy atom. The zero-order valence-corrected chi connectivity index (χ0v) is 19.8. The second kappa shape index (κ2) is 7.33. The van der Waals surface area contributed by atoms with Crippen LogP contribution in [0.2, 0.25) is 0 Å². The van der Waals surface area contributed by atoms with Crippen molar-refractivity contribution in [3.63, 3.8) is 0 Å². The van der Waals surface area contributed by atoms with Gasteiger partial charge in [0.2, 0.25) is 0 Å². The largest absolute Gasteiger partial charge is 0.507 e. The summed E-state index contributed by atoms with van der Waals surface area (Å²) in [5.74, 6) is 2.24. The minimum atomic E-state index is -0.121. The molecule has 2 N–H and O–H groups in total. The molecule has 1 heterocycles. The van der Waals surface area contributed by atoms with E-state index in [1.807, 2.05) is 34.6 Å². The Balaban J connectivity index is 2.23. The maximum atomic E-state index is 11.1. The third-order valence-electron chi connectivity index (χ3n) is 7.47. The third-order valence-corrected chi connectivity index (χ3v) is 7.47. The van der Waals surface area contributed by atoms with Gasteiger partial charge < -0.3 is 14.9 Å². The van der Waals surface area contributed by atoms with E-state index in [1.165, 1.54) is 16.7 Å². The quantitative estimate of drug-likeness (QED) is 0.366. The van der Waals surface area contributed by atoms with Gasteiger partial charge in [-0.05, 0) is 99.4 Å². The highest BCUT2D eigenvalue weighted by Gasteiger charge is 2.38. The van der Waals surface area contributed by atoms with E-state index in [0.717, 1.165) is 56.0 Å². The molecule has 0 saturated heterocycles. The van der Waals surface area contributed by atoms with Gasteiger partial charge in [0, 0.05) is 22.6 Å². The standard InChI is InChI=1S/C28H32O3/c1-9-20-24-23(21-12-10-11-13(2)14(21)3)22-19(8)25(29)15(4)17(6)27(22)31-28(24)18(7)16(5)26(20)30/h10-12,23,29-30H,9H2,1-8H3. The van der Waals surface area contributed by atoms with Crippen molar-refractivity contribution in [2.75, 3.05) is 0 Å². The number of benzene rings is 3. The van der Waals surface area contributed by atoms with E-state index >= 15 is 0 Å². The topological polar surface area (TPSA) is 49.7 Å². The van der Waals surface area contributed by atoms with E-state index in [-0.39, 0.29) is 5.92 Å². The van der Waals surface area contributed by atoms with E-state index in [2.05, 4.69) is 39.0 Å². The Morgan fingerprint density at radius 1 is 0.710 bits per heavy atom. The lowest BCUT2D eigenvalue weighted by Gasteiger charge is -2.36. The van der Waals surface area contributed by atoms with Crippen LogP contribution < -0.4 is 4.74 Å². The third kappa shape index (κ3) is 2.86. The van der Waals surface area contributed by atoms with Crippen molar-refractivity contribution in [3.8, 4) is 23.0 Å². The number of phenolic OH excluding ortho intramolecular Hbond substituents is 2. The van der Waals surface area contributed by atoms with Gasteiger partial charge >= 0.3 is 0 Å². The average Bonchev–Trinajstić information content (AvgIpc) is 2.76. The lowest BCUT2D eigenvalue weighted by Crippen LogP contribution is -2.19. The van der Waals surface area contributed by atoms with Crippen molar-refractivity contribution in [3.05, 3.63) is 79.4 Å². The summed E-state index contributed by atoms with van der Waals surface area (Å²) in [5, 5.41) is 22.0. The minimum Gasteiger partial charge on any atom is -0.507 e. The van der Waals surface area contributed by atoms with Gasteiger partial charge in [0.25, 0.3) is 0 Å². The summed E-state index contributed by atoms with van der Waals surface area (Å²) in [4.78, 5) is 0. The highest BCUT2D eigenvalue weighted by atomic mass is 16.5. The molecular weight excluding hydrogens is 384 g/mol. The van der Waals surface area contributed by atoms with E-state index in [4.69, 9.17) is 4.74 Å². The fraction of sp³-hybridized carbons (Fsp3) is 0.357. The number of hydrogen-bond acceptors (Lipinski definition) is 3. The summed E-state index contributed by atoms with van der Waals surface area (Å²) in [6, 6.07) is 6.39. The molecule has 1 aliphatic heterocycles. The molecule has 3 nitrogen and oxygen atoms in total. The Kier molecular flexibility index (Phi) is 5.04. The first-order valence-corrected chi connectivity index (χ1v) is 11.0. The first-order valence-electron chi connectivity index (χ1n) is 11.0. The molecule has 162 valence electrons. The van der Waals surface area contributed by atoms with Gasteiger partial charge in [-0.15, -0.1) is 0 Å². The Hall–Kier alpha value is -2.94. The summed E-state index contributed by atoms with van der Waals surface area (Å²) in [7, 11) is 0. The second-order valence-corrected chi connectivity index (χ2v) is 8.96. The van der Waals surface area contributed by atoms with Gasteiger partial charge in [-0.25, -0.2) is 0 Å². The molecule has 0 radical (unpaired) electrons. The van der Waals surface area contributed by atoms with Gasteiger partial charge in [-0.3, -0.25) is 0 Å². The van der Waals surface area contributed by atoms with Crippen molar-refractivity contribution in [1.82, 2.24) is 0 Å². The molecule has 0 saturated carbocycles. The van der Waals surface area contributed by atoms with Crippen LogP contribution in [0.15, 0.2) is 18.2 Å². The highest BCUT2D eigenvalue weighted by Crippen LogP contribution is 2.56. The van der Waals surface area contributed by atoms with Crippen molar-refractivity contribution >= 4 is 0 Å². The first kappa shape index (κ1) is 21.3. The Labute approximate surface area is 185 Å².